The van der Waals surface area contributed by atoms with E-state index in [0.29, 0.717) is 24.2 Å². The molecular weight excluding hydrogens is 243 g/mol. The maximum Gasteiger partial charge on any atom is 0.254 e. The lowest BCUT2D eigenvalue weighted by Gasteiger charge is -2.17. The number of rotatable bonds is 1. The first kappa shape index (κ1) is 13.9. The lowest BCUT2D eigenvalue weighted by atomic mass is 10.1. The molecule has 0 saturated carbocycles. The molecule has 0 bridgehead atoms. The van der Waals surface area contributed by atoms with Crippen LogP contribution in [0.15, 0.2) is 18.2 Å². The Morgan fingerprint density at radius 1 is 1.53 bits per heavy atom. The summed E-state index contributed by atoms with van der Waals surface area (Å²) in [6, 6.07) is 4.31. The van der Waals surface area contributed by atoms with Crippen molar-refractivity contribution in [1.29, 1.82) is 0 Å². The largest absolute Gasteiger partial charge is 0.337 e. The number of amides is 1. The summed E-state index contributed by atoms with van der Waals surface area (Å²) in [6.45, 7) is 3.03. The van der Waals surface area contributed by atoms with Gasteiger partial charge in [0, 0.05) is 24.7 Å². The fourth-order valence-corrected chi connectivity index (χ4v) is 2.01. The molecule has 1 heterocycles. The van der Waals surface area contributed by atoms with Crippen molar-refractivity contribution in [2.45, 2.75) is 19.4 Å². The van der Waals surface area contributed by atoms with E-state index in [-0.39, 0.29) is 30.2 Å². The van der Waals surface area contributed by atoms with E-state index in [1.165, 1.54) is 18.2 Å². The van der Waals surface area contributed by atoms with E-state index >= 15 is 0 Å². The Balaban J connectivity index is 0.00000144. The molecule has 0 aliphatic carbocycles. The van der Waals surface area contributed by atoms with Crippen molar-refractivity contribution in [3.05, 3.63) is 35.1 Å². The molecule has 1 atom stereocenters. The van der Waals surface area contributed by atoms with Crippen molar-refractivity contribution < 1.29 is 9.18 Å². The highest BCUT2D eigenvalue weighted by Gasteiger charge is 2.25. The zero-order valence-corrected chi connectivity index (χ0v) is 10.5. The Kier molecular flexibility index (Phi) is 4.48. The van der Waals surface area contributed by atoms with Crippen LogP contribution in [0.3, 0.4) is 0 Å². The molecule has 0 radical (unpaired) electrons. The maximum absolute atomic E-state index is 12.9. The highest BCUT2D eigenvalue weighted by molar-refractivity contribution is 5.95. The number of nitrogens with two attached hydrogens (primary N) is 1. The van der Waals surface area contributed by atoms with Crippen LogP contribution in [-0.2, 0) is 0 Å². The molecule has 1 unspecified atom stereocenters. The average molecular weight is 259 g/mol. The van der Waals surface area contributed by atoms with Crippen molar-refractivity contribution >= 4 is 18.3 Å². The number of carbonyl (C=O) groups is 1. The fourth-order valence-electron chi connectivity index (χ4n) is 2.01. The predicted molar refractivity (Wildman–Crippen MR) is 66.9 cm³/mol. The van der Waals surface area contributed by atoms with Crippen LogP contribution in [0.5, 0.6) is 0 Å². The average Bonchev–Trinajstić information content (AvgIpc) is 2.64. The molecule has 5 heteroatoms. The third-order valence-electron chi connectivity index (χ3n) is 2.93. The van der Waals surface area contributed by atoms with E-state index in [9.17, 15) is 9.18 Å². The number of hydrogen-bond donors (Lipinski definition) is 1. The highest BCUT2D eigenvalue weighted by atomic mass is 35.5. The van der Waals surface area contributed by atoms with Gasteiger partial charge in [0.15, 0.2) is 0 Å². The Labute approximate surface area is 106 Å². The second kappa shape index (κ2) is 5.47. The van der Waals surface area contributed by atoms with Crippen LogP contribution in [0.4, 0.5) is 4.39 Å². The quantitative estimate of drug-likeness (QED) is 0.834. The molecule has 2 N–H and O–H groups in total. The number of aryl methyl sites for hydroxylation is 1. The van der Waals surface area contributed by atoms with Crippen LogP contribution in [0, 0.1) is 12.7 Å². The van der Waals surface area contributed by atoms with E-state index in [4.69, 9.17) is 5.73 Å². The zero-order valence-electron chi connectivity index (χ0n) is 9.65. The third-order valence-corrected chi connectivity index (χ3v) is 2.93. The lowest BCUT2D eigenvalue weighted by Crippen LogP contribution is -2.32. The Bertz CT molecular complexity index is 425. The van der Waals surface area contributed by atoms with Gasteiger partial charge < -0.3 is 10.6 Å². The van der Waals surface area contributed by atoms with Gasteiger partial charge in [0.05, 0.1) is 0 Å². The molecule has 2 rings (SSSR count). The Hall–Kier alpha value is -1.13. The maximum atomic E-state index is 12.9. The molecule has 94 valence electrons. The zero-order chi connectivity index (χ0) is 11.7. The lowest BCUT2D eigenvalue weighted by molar-refractivity contribution is 0.0790. The number of halogens is 2. The van der Waals surface area contributed by atoms with E-state index < -0.39 is 0 Å². The van der Waals surface area contributed by atoms with Gasteiger partial charge in [0.1, 0.15) is 5.82 Å². The summed E-state index contributed by atoms with van der Waals surface area (Å²) in [5.41, 5.74) is 6.99. The van der Waals surface area contributed by atoms with Gasteiger partial charge in [-0.2, -0.15) is 0 Å². The first-order chi connectivity index (χ1) is 7.58. The first-order valence-corrected chi connectivity index (χ1v) is 5.39. The molecular formula is C12H16ClFN2O. The Morgan fingerprint density at radius 3 is 2.76 bits per heavy atom. The molecule has 1 aromatic rings. The molecule has 1 saturated heterocycles. The standard InChI is InChI=1S/C12H15FN2O.ClH/c1-8-6-9(13)2-3-11(8)12(16)15-5-4-10(14)7-15;/h2-3,6,10H,4-5,7,14H2,1H3;1H. The van der Waals surface area contributed by atoms with Crippen molar-refractivity contribution in [2.75, 3.05) is 13.1 Å². The van der Waals surface area contributed by atoms with Crippen LogP contribution in [-0.4, -0.2) is 29.9 Å². The summed E-state index contributed by atoms with van der Waals surface area (Å²) in [4.78, 5) is 13.8. The van der Waals surface area contributed by atoms with Crippen LogP contribution < -0.4 is 5.73 Å². The summed E-state index contributed by atoms with van der Waals surface area (Å²) < 4.78 is 12.9. The molecule has 1 amide bonds. The molecule has 0 spiro atoms. The number of benzene rings is 1. The molecule has 1 aromatic carbocycles. The molecule has 3 nitrogen and oxygen atoms in total. The summed E-state index contributed by atoms with van der Waals surface area (Å²) in [7, 11) is 0. The van der Waals surface area contributed by atoms with Gasteiger partial charge in [0.2, 0.25) is 0 Å². The smallest absolute Gasteiger partial charge is 0.254 e. The minimum atomic E-state index is -0.313. The minimum Gasteiger partial charge on any atom is -0.337 e. The summed E-state index contributed by atoms with van der Waals surface area (Å²) in [6.07, 6.45) is 0.839. The van der Waals surface area contributed by atoms with Crippen LogP contribution in [0.2, 0.25) is 0 Å². The predicted octanol–water partition coefficient (Wildman–Crippen LogP) is 1.73. The van der Waals surface area contributed by atoms with E-state index in [1.807, 2.05) is 0 Å². The van der Waals surface area contributed by atoms with Gasteiger partial charge in [-0.1, -0.05) is 0 Å². The Morgan fingerprint density at radius 2 is 2.24 bits per heavy atom. The first-order valence-electron chi connectivity index (χ1n) is 5.39. The van der Waals surface area contributed by atoms with Crippen LogP contribution in [0.25, 0.3) is 0 Å². The van der Waals surface area contributed by atoms with Gasteiger partial charge in [-0.05, 0) is 37.1 Å². The summed E-state index contributed by atoms with van der Waals surface area (Å²) in [5, 5.41) is 0. The van der Waals surface area contributed by atoms with Gasteiger partial charge in [0.25, 0.3) is 5.91 Å². The molecule has 1 aliphatic heterocycles. The fraction of sp³-hybridized carbons (Fsp3) is 0.417. The molecule has 1 fully saturated rings. The second-order valence-corrected chi connectivity index (χ2v) is 4.26. The number of likely N-dealkylation sites (tertiary alicyclic amines) is 1. The molecule has 0 aromatic heterocycles. The number of nitrogens with zero attached hydrogens (tertiary/aromatic N) is 1. The molecule has 17 heavy (non-hydrogen) atoms. The highest BCUT2D eigenvalue weighted by Crippen LogP contribution is 2.16. The minimum absolute atomic E-state index is 0. The van der Waals surface area contributed by atoms with E-state index in [2.05, 4.69) is 0 Å². The third kappa shape index (κ3) is 2.96. The molecule has 1 aliphatic rings. The van der Waals surface area contributed by atoms with E-state index in [1.54, 1.807) is 11.8 Å². The monoisotopic (exact) mass is 258 g/mol. The van der Waals surface area contributed by atoms with Crippen molar-refractivity contribution in [1.82, 2.24) is 4.90 Å². The summed E-state index contributed by atoms with van der Waals surface area (Å²) >= 11 is 0. The van der Waals surface area contributed by atoms with Crippen molar-refractivity contribution in [3.8, 4) is 0 Å². The topological polar surface area (TPSA) is 46.3 Å². The van der Waals surface area contributed by atoms with Crippen molar-refractivity contribution in [3.63, 3.8) is 0 Å². The van der Waals surface area contributed by atoms with E-state index in [0.717, 1.165) is 6.42 Å². The van der Waals surface area contributed by atoms with Gasteiger partial charge in [-0.15, -0.1) is 12.4 Å². The van der Waals surface area contributed by atoms with Crippen molar-refractivity contribution in [2.24, 2.45) is 5.73 Å². The second-order valence-electron chi connectivity index (χ2n) is 4.26. The van der Waals surface area contributed by atoms with Crippen LogP contribution >= 0.6 is 12.4 Å². The normalized spacial score (nSPS) is 19.0. The van der Waals surface area contributed by atoms with Gasteiger partial charge >= 0.3 is 0 Å². The summed E-state index contributed by atoms with van der Waals surface area (Å²) in [5.74, 6) is -0.363. The SMILES string of the molecule is Cc1cc(F)ccc1C(=O)N1CCC(N)C1.Cl. The number of carbonyl (C=O) groups excluding carboxylic acids is 1. The van der Waals surface area contributed by atoms with Crippen LogP contribution in [0.1, 0.15) is 22.3 Å². The number of hydrogen-bond acceptors (Lipinski definition) is 2. The van der Waals surface area contributed by atoms with Gasteiger partial charge in [-0.25, -0.2) is 4.39 Å². The van der Waals surface area contributed by atoms with Gasteiger partial charge in [-0.3, -0.25) is 4.79 Å².